The molecule has 3 aliphatic rings. The Morgan fingerprint density at radius 3 is 2.57 bits per heavy atom. The van der Waals surface area contributed by atoms with Gasteiger partial charge in [-0.15, -0.1) is 0 Å². The van der Waals surface area contributed by atoms with E-state index < -0.39 is 30.4 Å². The molecule has 1 saturated heterocycles. The van der Waals surface area contributed by atoms with E-state index in [1.807, 2.05) is 6.08 Å². The maximum atomic E-state index is 10.9. The molecule has 0 spiro atoms. The second-order valence-corrected chi connectivity index (χ2v) is 10.4. The Bertz CT molecular complexity index is 833. The second-order valence-electron chi connectivity index (χ2n) is 10.4. The molecule has 1 saturated carbocycles. The number of ether oxygens (including phenoxy) is 2. The van der Waals surface area contributed by atoms with E-state index in [1.165, 1.54) is 11.1 Å². The van der Waals surface area contributed by atoms with Crippen molar-refractivity contribution < 1.29 is 59.1 Å². The third kappa shape index (κ3) is 8.39. The first-order chi connectivity index (χ1) is 16.1. The molecule has 0 radical (unpaired) electrons. The van der Waals surface area contributed by atoms with Crippen molar-refractivity contribution in [2.75, 3.05) is 0 Å². The van der Waals surface area contributed by atoms with Gasteiger partial charge in [0.1, 0.15) is 12.2 Å². The smallest absolute Gasteiger partial charge is 0.550 e. The van der Waals surface area contributed by atoms with Gasteiger partial charge in [-0.1, -0.05) is 57.2 Å². The Hall–Kier alpha value is -0.730. The van der Waals surface area contributed by atoms with Crippen LogP contribution in [0.25, 0.3) is 0 Å². The Morgan fingerprint density at radius 1 is 1.23 bits per heavy atom. The van der Waals surface area contributed by atoms with Crippen LogP contribution in [0.1, 0.15) is 60.3 Å². The maximum Gasteiger partial charge on any atom is 1.00 e. The molecule has 10 atom stereocenters. The first-order valence-corrected chi connectivity index (χ1v) is 12.7. The standard InChI is InChI=1S/C28H42O6.Na/c1-6-24-17(3)8-11-25(34-24)18(4)13-16(2)7-9-21-19(5)22(21)10-12-26-28(32)23(29)14-20(33-26)15-27(30)31;/h7-10,12-13,16,19-26,28-29,32H,6,11,14-15H2,1-5H3,(H,30,31);/q;+1/p-1/b9-7+,12-10+,18-13-;. The average Bonchev–Trinajstić information content (AvgIpc) is 3.40. The monoisotopic (exact) mass is 496 g/mol. The summed E-state index contributed by atoms with van der Waals surface area (Å²) in [7, 11) is 0. The van der Waals surface area contributed by atoms with Gasteiger partial charge in [-0.25, -0.2) is 0 Å². The van der Waals surface area contributed by atoms with Crippen LogP contribution in [0.4, 0.5) is 0 Å². The predicted molar refractivity (Wildman–Crippen MR) is 130 cm³/mol. The average molecular weight is 497 g/mol. The van der Waals surface area contributed by atoms with Crippen molar-refractivity contribution in [1.82, 2.24) is 0 Å². The zero-order valence-corrected chi connectivity index (χ0v) is 24.1. The van der Waals surface area contributed by atoms with E-state index in [0.717, 1.165) is 12.8 Å². The molecule has 0 aromatic heterocycles. The molecule has 2 aliphatic heterocycles. The molecular formula is C28H41NaO6. The maximum absolute atomic E-state index is 10.9. The number of aliphatic hydroxyl groups is 2. The fraction of sp³-hybridized carbons (Fsp3) is 0.679. The van der Waals surface area contributed by atoms with Gasteiger partial charge >= 0.3 is 29.6 Å². The van der Waals surface area contributed by atoms with Crippen molar-refractivity contribution in [2.24, 2.45) is 23.7 Å². The summed E-state index contributed by atoms with van der Waals surface area (Å²) in [6, 6.07) is 0. The Kier molecular flexibility index (Phi) is 11.9. The van der Waals surface area contributed by atoms with E-state index in [1.54, 1.807) is 6.08 Å². The van der Waals surface area contributed by atoms with Crippen molar-refractivity contribution in [2.45, 2.75) is 96.9 Å². The van der Waals surface area contributed by atoms with Gasteiger partial charge in [0.25, 0.3) is 0 Å². The summed E-state index contributed by atoms with van der Waals surface area (Å²) < 4.78 is 12.0. The van der Waals surface area contributed by atoms with Crippen molar-refractivity contribution in [3.8, 4) is 0 Å². The molecule has 190 valence electrons. The summed E-state index contributed by atoms with van der Waals surface area (Å²) in [6.07, 6.45) is 11.6. The summed E-state index contributed by atoms with van der Waals surface area (Å²) >= 11 is 0. The topological polar surface area (TPSA) is 99.1 Å². The molecule has 7 heteroatoms. The summed E-state index contributed by atoms with van der Waals surface area (Å²) in [4.78, 5) is 10.9. The minimum absolute atomic E-state index is 0. The van der Waals surface area contributed by atoms with E-state index in [0.29, 0.717) is 23.7 Å². The first-order valence-electron chi connectivity index (χ1n) is 12.7. The summed E-state index contributed by atoms with van der Waals surface area (Å²) in [5.41, 5.74) is 2.60. The van der Waals surface area contributed by atoms with E-state index in [4.69, 9.17) is 9.47 Å². The third-order valence-electron chi connectivity index (χ3n) is 7.55. The number of carbonyl (C=O) groups is 1. The molecule has 2 N–H and O–H groups in total. The van der Waals surface area contributed by atoms with Gasteiger partial charge in [0.15, 0.2) is 0 Å². The number of carbonyl (C=O) groups excluding carboxylic acids is 1. The van der Waals surface area contributed by atoms with E-state index in [2.05, 4.69) is 58.9 Å². The number of allylic oxidation sites excluding steroid dienone is 4. The normalized spacial score (nSPS) is 38.8. The minimum Gasteiger partial charge on any atom is -0.550 e. The van der Waals surface area contributed by atoms with Crippen molar-refractivity contribution in [3.63, 3.8) is 0 Å². The third-order valence-corrected chi connectivity index (χ3v) is 7.55. The summed E-state index contributed by atoms with van der Waals surface area (Å²) in [6.45, 7) is 10.8. The molecule has 0 bridgehead atoms. The van der Waals surface area contributed by atoms with Crippen LogP contribution >= 0.6 is 0 Å². The molecule has 10 unspecified atom stereocenters. The van der Waals surface area contributed by atoms with Crippen LogP contribution in [-0.4, -0.2) is 52.8 Å². The Morgan fingerprint density at radius 2 is 1.91 bits per heavy atom. The molecule has 2 fully saturated rings. The molecule has 6 nitrogen and oxygen atoms in total. The molecule has 0 amide bonds. The van der Waals surface area contributed by atoms with Crippen LogP contribution in [0.15, 0.2) is 47.6 Å². The summed E-state index contributed by atoms with van der Waals surface area (Å²) in [5, 5.41) is 31.2. The fourth-order valence-corrected chi connectivity index (χ4v) is 5.21. The van der Waals surface area contributed by atoms with Crippen molar-refractivity contribution >= 4 is 5.97 Å². The SMILES string of the molecule is CCC1OC(/C(C)=C\C(C)/C=C/C2C(C)C2/C=C/C2OC(CC(=O)[O-])CC(O)C2O)CC=C1C.[Na+]. The van der Waals surface area contributed by atoms with E-state index >= 15 is 0 Å². The van der Waals surface area contributed by atoms with Crippen LogP contribution in [0, 0.1) is 23.7 Å². The van der Waals surface area contributed by atoms with Crippen LogP contribution in [0.2, 0.25) is 0 Å². The van der Waals surface area contributed by atoms with Crippen molar-refractivity contribution in [1.29, 1.82) is 0 Å². The number of aliphatic hydroxyl groups excluding tert-OH is 2. The Balaban J connectivity index is 0.00000432. The zero-order valence-electron chi connectivity index (χ0n) is 22.1. The van der Waals surface area contributed by atoms with Crippen LogP contribution in [-0.2, 0) is 14.3 Å². The van der Waals surface area contributed by atoms with Gasteiger partial charge in [-0.05, 0) is 61.5 Å². The first kappa shape index (κ1) is 30.5. The van der Waals surface area contributed by atoms with Crippen LogP contribution in [0.5, 0.6) is 0 Å². The number of carboxylic acids is 1. The molecule has 1 aliphatic carbocycles. The minimum atomic E-state index is -1.22. The second kappa shape index (κ2) is 13.7. The van der Waals surface area contributed by atoms with Crippen LogP contribution < -0.4 is 34.7 Å². The number of hydrogen-bond donors (Lipinski definition) is 2. The molecule has 35 heavy (non-hydrogen) atoms. The number of hydrogen-bond acceptors (Lipinski definition) is 6. The zero-order chi connectivity index (χ0) is 25.0. The molecule has 0 aromatic carbocycles. The van der Waals surface area contributed by atoms with E-state index in [9.17, 15) is 20.1 Å². The van der Waals surface area contributed by atoms with Gasteiger partial charge in [-0.2, -0.15) is 0 Å². The van der Waals surface area contributed by atoms with Gasteiger partial charge in [0.2, 0.25) is 0 Å². The van der Waals surface area contributed by atoms with Gasteiger partial charge in [0.05, 0.1) is 24.4 Å². The Labute approximate surface area is 232 Å². The van der Waals surface area contributed by atoms with Gasteiger partial charge in [0, 0.05) is 18.8 Å². The molecule has 3 rings (SSSR count). The molecule has 2 heterocycles. The van der Waals surface area contributed by atoms with Gasteiger partial charge in [-0.3, -0.25) is 0 Å². The quantitative estimate of drug-likeness (QED) is 0.347. The number of carboxylic acid groups (broad SMARTS) is 1. The molecule has 0 aromatic rings. The largest absolute Gasteiger partial charge is 1.00 e. The predicted octanol–water partition coefficient (Wildman–Crippen LogP) is 0.100. The van der Waals surface area contributed by atoms with E-state index in [-0.39, 0.29) is 54.6 Å². The number of aliphatic carboxylic acids is 1. The summed E-state index contributed by atoms with van der Waals surface area (Å²) in [5.74, 6) is 0.315. The van der Waals surface area contributed by atoms with Crippen molar-refractivity contribution in [3.05, 3.63) is 47.6 Å². The van der Waals surface area contributed by atoms with Crippen LogP contribution in [0.3, 0.4) is 0 Å². The number of rotatable bonds is 9. The fourth-order valence-electron chi connectivity index (χ4n) is 5.21. The molecular weight excluding hydrogens is 455 g/mol. The van der Waals surface area contributed by atoms with Gasteiger partial charge < -0.3 is 29.6 Å².